The maximum absolute atomic E-state index is 15.0. The van der Waals surface area contributed by atoms with Gasteiger partial charge in [0.05, 0.1) is 19.0 Å². The zero-order chi connectivity index (χ0) is 22.9. The minimum atomic E-state index is -1.21. The smallest absolute Gasteiger partial charge is 0.404 e. The maximum atomic E-state index is 15.0. The summed E-state index contributed by atoms with van der Waals surface area (Å²) in [7, 11) is 0. The number of aromatic nitrogens is 2. The van der Waals surface area contributed by atoms with Gasteiger partial charge in [-0.1, -0.05) is 25.7 Å². The zero-order valence-corrected chi connectivity index (χ0v) is 18.4. The first-order valence-electron chi connectivity index (χ1n) is 11.0. The van der Waals surface area contributed by atoms with Gasteiger partial charge in [-0.2, -0.15) is 14.4 Å². The summed E-state index contributed by atoms with van der Waals surface area (Å²) < 4.78 is 15.0. The van der Waals surface area contributed by atoms with Crippen molar-refractivity contribution in [1.82, 2.24) is 20.7 Å². The number of hydrazine groups is 1. The number of rotatable bonds is 9. The summed E-state index contributed by atoms with van der Waals surface area (Å²) in [5, 5.41) is 21.5. The molecule has 3 fully saturated rings. The molecule has 1 aliphatic heterocycles. The molecule has 0 unspecified atom stereocenters. The van der Waals surface area contributed by atoms with Crippen LogP contribution in [-0.2, 0) is 4.79 Å². The van der Waals surface area contributed by atoms with Crippen molar-refractivity contribution >= 4 is 35.2 Å². The summed E-state index contributed by atoms with van der Waals surface area (Å²) >= 11 is 5.96. The summed E-state index contributed by atoms with van der Waals surface area (Å²) in [4.78, 5) is 33.0. The van der Waals surface area contributed by atoms with Crippen LogP contribution in [-0.4, -0.2) is 57.4 Å². The van der Waals surface area contributed by atoms with Crippen LogP contribution in [0.3, 0.4) is 0 Å². The molecule has 2 heterocycles. The molecule has 2 aliphatic carbocycles. The summed E-state index contributed by atoms with van der Waals surface area (Å²) in [6.07, 6.45) is 5.48. The molecule has 0 bridgehead atoms. The number of carbonyl (C=O) groups excluding carboxylic acids is 1. The Morgan fingerprint density at radius 2 is 1.91 bits per heavy atom. The fourth-order valence-electron chi connectivity index (χ4n) is 4.71. The van der Waals surface area contributed by atoms with Crippen LogP contribution in [0.2, 0.25) is 5.28 Å². The van der Waals surface area contributed by atoms with Crippen molar-refractivity contribution in [2.45, 2.75) is 50.5 Å². The Hall–Kier alpha value is -2.40. The third-order valence-electron chi connectivity index (χ3n) is 6.64. The summed E-state index contributed by atoms with van der Waals surface area (Å²) in [6.45, 7) is 0.487. The molecule has 12 heteroatoms. The van der Waals surface area contributed by atoms with Gasteiger partial charge in [-0.15, -0.1) is 0 Å². The summed E-state index contributed by atoms with van der Waals surface area (Å²) in [5.41, 5.74) is 4.08. The van der Waals surface area contributed by atoms with Gasteiger partial charge < -0.3 is 20.4 Å². The molecule has 2 saturated carbocycles. The van der Waals surface area contributed by atoms with E-state index in [1.807, 2.05) is 0 Å². The van der Waals surface area contributed by atoms with Crippen LogP contribution in [0, 0.1) is 23.6 Å². The van der Waals surface area contributed by atoms with Crippen LogP contribution in [0.1, 0.15) is 44.9 Å². The van der Waals surface area contributed by atoms with Crippen LogP contribution < -0.4 is 21.1 Å². The van der Waals surface area contributed by atoms with Crippen LogP contribution >= 0.6 is 11.6 Å². The number of nitrogens with one attached hydrogen (secondary N) is 3. The molecule has 2 amide bonds. The predicted octanol–water partition coefficient (Wildman–Crippen LogP) is 2.14. The van der Waals surface area contributed by atoms with E-state index in [1.54, 1.807) is 4.90 Å². The first-order chi connectivity index (χ1) is 15.2. The van der Waals surface area contributed by atoms with Crippen molar-refractivity contribution in [2.24, 2.45) is 17.8 Å². The lowest BCUT2D eigenvalue weighted by Crippen LogP contribution is -2.63. The Labute approximate surface area is 189 Å². The third-order valence-corrected chi connectivity index (χ3v) is 6.81. The predicted molar refractivity (Wildman–Crippen MR) is 115 cm³/mol. The number of β-amino-alcohol motifs (C(OH)–C–C–N with tert-alkyl or cyclic N) is 1. The van der Waals surface area contributed by atoms with E-state index in [9.17, 15) is 14.7 Å². The van der Waals surface area contributed by atoms with Crippen molar-refractivity contribution in [1.29, 1.82) is 0 Å². The summed E-state index contributed by atoms with van der Waals surface area (Å²) in [6, 6.07) is 0. The van der Waals surface area contributed by atoms with E-state index in [0.717, 1.165) is 38.5 Å². The minimum absolute atomic E-state index is 0.0366. The van der Waals surface area contributed by atoms with Crippen LogP contribution in [0.25, 0.3) is 0 Å². The highest BCUT2D eigenvalue weighted by Gasteiger charge is 2.53. The Kier molecular flexibility index (Phi) is 6.57. The second-order valence-electron chi connectivity index (χ2n) is 9.10. The van der Waals surface area contributed by atoms with Gasteiger partial charge in [-0.05, 0) is 42.7 Å². The van der Waals surface area contributed by atoms with Crippen molar-refractivity contribution in [3.05, 3.63) is 11.1 Å². The van der Waals surface area contributed by atoms with Crippen LogP contribution in [0.4, 0.5) is 20.8 Å². The van der Waals surface area contributed by atoms with Gasteiger partial charge in [0, 0.05) is 6.54 Å². The molecular formula is C20H28ClFN6O4. The number of nitrogens with zero attached hydrogens (tertiary/aromatic N) is 3. The Morgan fingerprint density at radius 1 is 1.22 bits per heavy atom. The lowest BCUT2D eigenvalue weighted by atomic mass is 9.89. The molecule has 4 rings (SSSR count). The highest BCUT2D eigenvalue weighted by Crippen LogP contribution is 2.46. The van der Waals surface area contributed by atoms with E-state index < -0.39 is 29.3 Å². The van der Waals surface area contributed by atoms with Crippen molar-refractivity contribution in [3.8, 4) is 0 Å². The summed E-state index contributed by atoms with van der Waals surface area (Å²) in [5.74, 6) is -1.59. The molecule has 176 valence electrons. The Morgan fingerprint density at radius 3 is 2.53 bits per heavy atom. The number of aliphatic hydroxyl groups is 1. The van der Waals surface area contributed by atoms with Gasteiger partial charge in [0.25, 0.3) is 0 Å². The molecule has 32 heavy (non-hydrogen) atoms. The molecular weight excluding hydrogens is 443 g/mol. The largest absolute Gasteiger partial charge is 0.465 e. The van der Waals surface area contributed by atoms with Crippen molar-refractivity contribution < 1.29 is 24.2 Å². The van der Waals surface area contributed by atoms with Gasteiger partial charge in [0.2, 0.25) is 17.0 Å². The molecule has 1 saturated heterocycles. The number of anilines is 2. The van der Waals surface area contributed by atoms with E-state index in [0.29, 0.717) is 12.3 Å². The molecule has 0 radical (unpaired) electrons. The third kappa shape index (κ3) is 5.15. The standard InChI is InChI=1S/C20H28ClFN6O4/c21-18-24-15(14(22)16(25-18)28-9-20(32,10-28)13-5-6-13)26-27-17(29)12(8-23-19(30)31)7-11-3-1-2-4-11/h11-13,23,32H,1-10H2,(H,27,29)(H,30,31)(H,24,25,26)/t12-/m1/s1. The SMILES string of the molecule is O=C(O)NC[C@@H](CC1CCCC1)C(=O)NNc1nc(Cl)nc(N2CC(O)(C3CC3)C2)c1F. The number of hydrogen-bond acceptors (Lipinski definition) is 7. The number of hydrogen-bond donors (Lipinski definition) is 5. The average Bonchev–Trinajstić information content (AvgIpc) is 3.46. The average molecular weight is 471 g/mol. The molecule has 0 aromatic carbocycles. The second kappa shape index (κ2) is 9.22. The molecule has 10 nitrogen and oxygen atoms in total. The van der Waals surface area contributed by atoms with Gasteiger partial charge >= 0.3 is 6.09 Å². The van der Waals surface area contributed by atoms with Gasteiger partial charge in [-0.25, -0.2) is 4.79 Å². The number of carbonyl (C=O) groups is 2. The topological polar surface area (TPSA) is 140 Å². The normalized spacial score (nSPS) is 21.0. The van der Waals surface area contributed by atoms with E-state index in [2.05, 4.69) is 26.1 Å². The molecule has 1 aromatic rings. The molecule has 5 N–H and O–H groups in total. The zero-order valence-electron chi connectivity index (χ0n) is 17.6. The van der Waals surface area contributed by atoms with Gasteiger partial charge in [-0.3, -0.25) is 15.6 Å². The Bertz CT molecular complexity index is 874. The highest BCUT2D eigenvalue weighted by atomic mass is 35.5. The monoisotopic (exact) mass is 470 g/mol. The lowest BCUT2D eigenvalue weighted by Gasteiger charge is -2.47. The van der Waals surface area contributed by atoms with Crippen molar-refractivity contribution in [2.75, 3.05) is 30.0 Å². The minimum Gasteiger partial charge on any atom is -0.465 e. The van der Waals surface area contributed by atoms with Crippen LogP contribution in [0.5, 0.6) is 0 Å². The lowest BCUT2D eigenvalue weighted by molar-refractivity contribution is -0.124. The molecule has 3 aliphatic rings. The Balaban J connectivity index is 1.39. The maximum Gasteiger partial charge on any atom is 0.404 e. The van der Waals surface area contributed by atoms with Crippen LogP contribution in [0.15, 0.2) is 0 Å². The van der Waals surface area contributed by atoms with E-state index >= 15 is 4.39 Å². The quantitative estimate of drug-likeness (QED) is 0.273. The first kappa shape index (κ1) is 22.8. The number of carboxylic acid groups (broad SMARTS) is 1. The fraction of sp³-hybridized carbons (Fsp3) is 0.700. The molecule has 0 spiro atoms. The van der Waals surface area contributed by atoms with E-state index in [-0.39, 0.29) is 42.5 Å². The van der Waals surface area contributed by atoms with Crippen molar-refractivity contribution in [3.63, 3.8) is 0 Å². The number of halogens is 2. The second-order valence-corrected chi connectivity index (χ2v) is 9.43. The molecule has 1 atom stereocenters. The fourth-order valence-corrected chi connectivity index (χ4v) is 4.87. The highest BCUT2D eigenvalue weighted by molar-refractivity contribution is 6.28. The van der Waals surface area contributed by atoms with E-state index in [4.69, 9.17) is 16.7 Å². The van der Waals surface area contributed by atoms with Gasteiger partial charge in [0.15, 0.2) is 11.6 Å². The number of amides is 2. The van der Waals surface area contributed by atoms with Gasteiger partial charge in [0.1, 0.15) is 5.60 Å². The van der Waals surface area contributed by atoms with E-state index in [1.165, 1.54) is 0 Å². The first-order valence-corrected chi connectivity index (χ1v) is 11.4. The molecule has 1 aromatic heterocycles.